The molecule has 0 saturated heterocycles. The van der Waals surface area contributed by atoms with Crippen LogP contribution in [0.2, 0.25) is 0 Å². The van der Waals surface area contributed by atoms with Crippen LogP contribution in [0.1, 0.15) is 29.8 Å². The van der Waals surface area contributed by atoms with Crippen molar-refractivity contribution < 1.29 is 14.3 Å². The van der Waals surface area contributed by atoms with E-state index in [1.807, 2.05) is 0 Å². The molecule has 0 unspecified atom stereocenters. The van der Waals surface area contributed by atoms with Crippen LogP contribution >= 0.6 is 0 Å². The summed E-state index contributed by atoms with van der Waals surface area (Å²) in [5, 5.41) is 16.7. The number of amides is 1. The first-order valence-corrected chi connectivity index (χ1v) is 6.89. The number of para-hydroxylation sites is 1. The van der Waals surface area contributed by atoms with Gasteiger partial charge in [0.2, 0.25) is 0 Å². The zero-order valence-corrected chi connectivity index (χ0v) is 11.4. The van der Waals surface area contributed by atoms with Crippen LogP contribution in [0.25, 0.3) is 5.69 Å². The van der Waals surface area contributed by atoms with Crippen molar-refractivity contribution in [2.45, 2.75) is 24.9 Å². The number of carbonyl (C=O) groups is 1. The predicted molar refractivity (Wildman–Crippen MR) is 74.7 cm³/mol. The lowest BCUT2D eigenvalue weighted by Gasteiger charge is -2.36. The van der Waals surface area contributed by atoms with E-state index in [2.05, 4.69) is 10.4 Å². The average Bonchev–Trinajstić information content (AvgIpc) is 2.93. The summed E-state index contributed by atoms with van der Waals surface area (Å²) in [6.07, 6.45) is 3.92. The zero-order chi connectivity index (χ0) is 14.9. The van der Waals surface area contributed by atoms with E-state index < -0.39 is 11.4 Å². The second-order valence-electron chi connectivity index (χ2n) is 5.36. The van der Waals surface area contributed by atoms with Crippen molar-refractivity contribution >= 4 is 5.91 Å². The van der Waals surface area contributed by atoms with Gasteiger partial charge in [-0.25, -0.2) is 9.07 Å². The molecule has 1 aromatic carbocycles. The maximum atomic E-state index is 13.6. The molecule has 110 valence electrons. The lowest BCUT2D eigenvalue weighted by molar-refractivity contribution is -0.0300. The van der Waals surface area contributed by atoms with Crippen LogP contribution in [0.4, 0.5) is 4.39 Å². The average molecular weight is 289 g/mol. The number of hydrogen-bond donors (Lipinski definition) is 2. The summed E-state index contributed by atoms with van der Waals surface area (Å²) in [5.74, 6) is -0.776. The summed E-state index contributed by atoms with van der Waals surface area (Å²) in [7, 11) is 0. The van der Waals surface area contributed by atoms with Crippen molar-refractivity contribution in [2.75, 3.05) is 6.54 Å². The lowest BCUT2D eigenvalue weighted by Crippen LogP contribution is -2.47. The summed E-state index contributed by atoms with van der Waals surface area (Å²) < 4.78 is 15.0. The van der Waals surface area contributed by atoms with Crippen molar-refractivity contribution in [2.24, 2.45) is 0 Å². The minimum absolute atomic E-state index is 0.196. The Morgan fingerprint density at radius 3 is 2.81 bits per heavy atom. The standard InChI is InChI=1S/C15H16FN3O2/c16-11-4-1-2-5-13(11)19-9-6-12(18-19)14(20)17-10-15(21)7-3-8-15/h1-2,4-6,9,21H,3,7-8,10H2,(H,17,20). The van der Waals surface area contributed by atoms with Crippen molar-refractivity contribution in [3.8, 4) is 5.69 Å². The van der Waals surface area contributed by atoms with Crippen LogP contribution in [0.5, 0.6) is 0 Å². The van der Waals surface area contributed by atoms with Crippen LogP contribution in [0.3, 0.4) is 0 Å². The zero-order valence-electron chi connectivity index (χ0n) is 11.4. The topological polar surface area (TPSA) is 67.2 Å². The summed E-state index contributed by atoms with van der Waals surface area (Å²) in [4.78, 5) is 12.0. The fraction of sp³-hybridized carbons (Fsp3) is 0.333. The normalized spacial score (nSPS) is 16.3. The van der Waals surface area contributed by atoms with Gasteiger partial charge in [0.15, 0.2) is 5.69 Å². The number of hydrogen-bond acceptors (Lipinski definition) is 3. The molecule has 0 bridgehead atoms. The molecule has 1 fully saturated rings. The van der Waals surface area contributed by atoms with Gasteiger partial charge in [0.25, 0.3) is 5.91 Å². The minimum atomic E-state index is -0.774. The molecule has 1 saturated carbocycles. The van der Waals surface area contributed by atoms with E-state index in [0.29, 0.717) is 12.8 Å². The number of rotatable bonds is 4. The summed E-state index contributed by atoms with van der Waals surface area (Å²) >= 11 is 0. The highest BCUT2D eigenvalue weighted by atomic mass is 19.1. The summed E-state index contributed by atoms with van der Waals surface area (Å²) in [5.41, 5.74) is -0.292. The molecule has 2 aromatic rings. The van der Waals surface area contributed by atoms with E-state index in [4.69, 9.17) is 0 Å². The Labute approximate surface area is 121 Å². The van der Waals surface area contributed by atoms with Gasteiger partial charge in [0, 0.05) is 12.7 Å². The van der Waals surface area contributed by atoms with Crippen LogP contribution in [0, 0.1) is 5.82 Å². The van der Waals surface area contributed by atoms with Gasteiger partial charge in [-0.15, -0.1) is 0 Å². The van der Waals surface area contributed by atoms with Crippen molar-refractivity contribution in [3.63, 3.8) is 0 Å². The molecule has 3 rings (SSSR count). The molecular weight excluding hydrogens is 273 g/mol. The second-order valence-corrected chi connectivity index (χ2v) is 5.36. The number of aromatic nitrogens is 2. The quantitative estimate of drug-likeness (QED) is 0.899. The van der Waals surface area contributed by atoms with Crippen molar-refractivity contribution in [3.05, 3.63) is 48.0 Å². The predicted octanol–water partition coefficient (Wildman–Crippen LogP) is 1.66. The summed E-state index contributed by atoms with van der Waals surface area (Å²) in [6, 6.07) is 7.73. The molecule has 1 aromatic heterocycles. The highest BCUT2D eigenvalue weighted by molar-refractivity contribution is 5.92. The third-order valence-corrected chi connectivity index (χ3v) is 3.78. The summed E-state index contributed by atoms with van der Waals surface area (Å²) in [6.45, 7) is 0.221. The smallest absolute Gasteiger partial charge is 0.271 e. The number of carbonyl (C=O) groups excluding carboxylic acids is 1. The molecule has 6 heteroatoms. The van der Waals surface area contributed by atoms with E-state index in [9.17, 15) is 14.3 Å². The monoisotopic (exact) mass is 289 g/mol. The fourth-order valence-corrected chi connectivity index (χ4v) is 2.31. The third-order valence-electron chi connectivity index (χ3n) is 3.78. The first-order chi connectivity index (χ1) is 10.1. The molecule has 0 aliphatic heterocycles. The largest absolute Gasteiger partial charge is 0.388 e. The highest BCUT2D eigenvalue weighted by Gasteiger charge is 2.34. The van der Waals surface area contributed by atoms with E-state index in [0.717, 1.165) is 6.42 Å². The number of nitrogens with one attached hydrogen (secondary N) is 1. The van der Waals surface area contributed by atoms with Gasteiger partial charge in [-0.2, -0.15) is 5.10 Å². The Hall–Kier alpha value is -2.21. The Bertz CT molecular complexity index is 664. The molecule has 0 radical (unpaired) electrons. The van der Waals surface area contributed by atoms with Gasteiger partial charge in [-0.1, -0.05) is 12.1 Å². The lowest BCUT2D eigenvalue weighted by atomic mass is 9.80. The molecule has 1 amide bonds. The van der Waals surface area contributed by atoms with E-state index in [1.54, 1.807) is 18.2 Å². The number of halogens is 1. The highest BCUT2D eigenvalue weighted by Crippen LogP contribution is 2.30. The van der Waals surface area contributed by atoms with E-state index in [-0.39, 0.29) is 23.8 Å². The Morgan fingerprint density at radius 2 is 2.14 bits per heavy atom. The van der Waals surface area contributed by atoms with Gasteiger partial charge in [-0.3, -0.25) is 4.79 Å². The molecule has 2 N–H and O–H groups in total. The maximum Gasteiger partial charge on any atom is 0.271 e. The fourth-order valence-electron chi connectivity index (χ4n) is 2.31. The Kier molecular flexibility index (Phi) is 3.47. The van der Waals surface area contributed by atoms with Gasteiger partial charge < -0.3 is 10.4 Å². The van der Waals surface area contributed by atoms with Gasteiger partial charge >= 0.3 is 0 Å². The van der Waals surface area contributed by atoms with E-state index >= 15 is 0 Å². The molecule has 1 aliphatic carbocycles. The molecule has 1 aliphatic rings. The second kappa shape index (κ2) is 5.29. The van der Waals surface area contributed by atoms with Gasteiger partial charge in [-0.05, 0) is 37.5 Å². The number of nitrogens with zero attached hydrogens (tertiary/aromatic N) is 2. The first-order valence-electron chi connectivity index (χ1n) is 6.89. The molecule has 1 heterocycles. The van der Waals surface area contributed by atoms with Crippen molar-refractivity contribution in [1.29, 1.82) is 0 Å². The Balaban J connectivity index is 1.70. The SMILES string of the molecule is O=C(NCC1(O)CCC1)c1ccn(-c2ccccc2F)n1. The van der Waals surface area contributed by atoms with Crippen LogP contribution in [0.15, 0.2) is 36.5 Å². The maximum absolute atomic E-state index is 13.6. The molecular formula is C15H16FN3O2. The van der Waals surface area contributed by atoms with Crippen molar-refractivity contribution in [1.82, 2.24) is 15.1 Å². The molecule has 0 atom stereocenters. The van der Waals surface area contributed by atoms with E-state index in [1.165, 1.54) is 23.0 Å². The number of benzene rings is 1. The molecule has 5 nitrogen and oxygen atoms in total. The van der Waals surface area contributed by atoms with Crippen LogP contribution < -0.4 is 5.32 Å². The molecule has 21 heavy (non-hydrogen) atoms. The molecule has 0 spiro atoms. The number of aliphatic hydroxyl groups is 1. The van der Waals surface area contributed by atoms with Gasteiger partial charge in [0.1, 0.15) is 11.5 Å². The first kappa shape index (κ1) is 13.8. The van der Waals surface area contributed by atoms with Crippen LogP contribution in [-0.2, 0) is 0 Å². The Morgan fingerprint density at radius 1 is 1.38 bits per heavy atom. The third kappa shape index (κ3) is 2.80. The van der Waals surface area contributed by atoms with Gasteiger partial charge in [0.05, 0.1) is 5.60 Å². The van der Waals surface area contributed by atoms with Crippen LogP contribution in [-0.4, -0.2) is 32.9 Å². The minimum Gasteiger partial charge on any atom is -0.388 e.